The van der Waals surface area contributed by atoms with Gasteiger partial charge in [0, 0.05) is 30.6 Å². The van der Waals surface area contributed by atoms with E-state index in [1.807, 2.05) is 6.26 Å². The number of nitrogens with zero attached hydrogens (tertiary/aromatic N) is 1. The maximum atomic E-state index is 12.8. The van der Waals surface area contributed by atoms with Crippen molar-refractivity contribution in [2.75, 3.05) is 29.4 Å². The Morgan fingerprint density at radius 1 is 0.967 bits per heavy atom. The van der Waals surface area contributed by atoms with E-state index in [4.69, 9.17) is 0 Å². The summed E-state index contributed by atoms with van der Waals surface area (Å²) in [5, 5.41) is 2.62. The number of thioether (sulfide) groups is 1. The van der Waals surface area contributed by atoms with Gasteiger partial charge in [-0.05, 0) is 48.7 Å². The van der Waals surface area contributed by atoms with Crippen molar-refractivity contribution in [3.05, 3.63) is 42.5 Å². The van der Waals surface area contributed by atoms with Crippen LogP contribution in [0, 0.1) is 0 Å². The van der Waals surface area contributed by atoms with Gasteiger partial charge in [-0.25, -0.2) is 16.8 Å². The molecule has 2 aromatic carbocycles. The van der Waals surface area contributed by atoms with Crippen LogP contribution < -0.4 is 10.0 Å². The zero-order chi connectivity index (χ0) is 22.5. The highest BCUT2D eigenvalue weighted by Crippen LogP contribution is 2.29. The van der Waals surface area contributed by atoms with Crippen molar-refractivity contribution in [3.63, 3.8) is 0 Å². The minimum absolute atomic E-state index is 0.0242. The number of carbonyl (C=O) groups is 1. The Bertz CT molecular complexity index is 1110. The SMILES string of the molecule is CCN(CC)S(=O)(=O)c1ccc(NS(=O)(=O)c2ccc(SC)c(NC(C)=O)c2)cc1. The van der Waals surface area contributed by atoms with Gasteiger partial charge in [-0.2, -0.15) is 4.31 Å². The summed E-state index contributed by atoms with van der Waals surface area (Å²) in [6.07, 6.45) is 1.82. The fourth-order valence-corrected chi connectivity index (χ4v) is 5.84. The van der Waals surface area contributed by atoms with Gasteiger partial charge in [0.05, 0.1) is 15.5 Å². The normalized spacial score (nSPS) is 12.0. The van der Waals surface area contributed by atoms with E-state index in [1.165, 1.54) is 59.4 Å². The molecule has 0 unspecified atom stereocenters. The summed E-state index contributed by atoms with van der Waals surface area (Å²) >= 11 is 1.38. The molecule has 0 aliphatic rings. The van der Waals surface area contributed by atoms with Crippen molar-refractivity contribution >= 4 is 49.1 Å². The van der Waals surface area contributed by atoms with E-state index in [-0.39, 0.29) is 21.4 Å². The van der Waals surface area contributed by atoms with Crippen molar-refractivity contribution in [3.8, 4) is 0 Å². The Balaban J connectivity index is 2.31. The van der Waals surface area contributed by atoms with E-state index in [1.54, 1.807) is 19.9 Å². The number of nitrogens with one attached hydrogen (secondary N) is 2. The predicted molar refractivity (Wildman–Crippen MR) is 120 cm³/mol. The maximum Gasteiger partial charge on any atom is 0.261 e. The number of benzene rings is 2. The highest BCUT2D eigenvalue weighted by Gasteiger charge is 2.22. The number of amides is 1. The summed E-state index contributed by atoms with van der Waals surface area (Å²) in [7, 11) is -7.57. The minimum Gasteiger partial charge on any atom is -0.325 e. The maximum absolute atomic E-state index is 12.8. The summed E-state index contributed by atoms with van der Waals surface area (Å²) in [6, 6.07) is 9.98. The number of carbonyl (C=O) groups excluding carboxylic acids is 1. The molecule has 0 aliphatic heterocycles. The van der Waals surface area contributed by atoms with Crippen molar-refractivity contribution in [2.45, 2.75) is 35.5 Å². The van der Waals surface area contributed by atoms with Crippen molar-refractivity contribution < 1.29 is 21.6 Å². The number of rotatable bonds is 9. The summed E-state index contributed by atoms with van der Waals surface area (Å²) in [5.74, 6) is -0.308. The molecule has 2 rings (SSSR count). The summed E-state index contributed by atoms with van der Waals surface area (Å²) in [5.41, 5.74) is 0.627. The number of hydrogen-bond acceptors (Lipinski definition) is 6. The monoisotopic (exact) mass is 471 g/mol. The number of hydrogen-bond donors (Lipinski definition) is 2. The van der Waals surface area contributed by atoms with Gasteiger partial charge >= 0.3 is 0 Å². The molecule has 0 heterocycles. The summed E-state index contributed by atoms with van der Waals surface area (Å²) in [6.45, 7) is 5.53. The van der Waals surface area contributed by atoms with Gasteiger partial charge in [-0.15, -0.1) is 11.8 Å². The van der Waals surface area contributed by atoms with Crippen LogP contribution in [0.25, 0.3) is 0 Å². The third kappa shape index (κ3) is 5.54. The molecule has 0 saturated heterocycles. The molecule has 1 amide bonds. The largest absolute Gasteiger partial charge is 0.325 e. The van der Waals surface area contributed by atoms with E-state index in [2.05, 4.69) is 10.0 Å². The fourth-order valence-electron chi connectivity index (χ4n) is 2.76. The molecule has 11 heteroatoms. The molecular formula is C19H25N3O5S3. The average Bonchev–Trinajstić information content (AvgIpc) is 2.68. The molecule has 0 bridgehead atoms. The van der Waals surface area contributed by atoms with Gasteiger partial charge < -0.3 is 5.32 Å². The molecule has 30 heavy (non-hydrogen) atoms. The van der Waals surface area contributed by atoms with Gasteiger partial charge in [-0.3, -0.25) is 9.52 Å². The second-order valence-electron chi connectivity index (χ2n) is 6.26. The van der Waals surface area contributed by atoms with Gasteiger partial charge in [0.2, 0.25) is 15.9 Å². The number of sulfonamides is 2. The number of anilines is 2. The molecular weight excluding hydrogens is 446 g/mol. The molecule has 0 fully saturated rings. The summed E-state index contributed by atoms with van der Waals surface area (Å²) < 4.78 is 54.4. The Hall–Kier alpha value is -2.08. The molecule has 0 aromatic heterocycles. The molecule has 0 atom stereocenters. The van der Waals surface area contributed by atoms with Gasteiger partial charge in [-0.1, -0.05) is 13.8 Å². The first-order valence-electron chi connectivity index (χ1n) is 9.13. The predicted octanol–water partition coefficient (Wildman–Crippen LogP) is 3.20. The standard InChI is InChI=1S/C19H25N3O5S3/c1-5-22(6-2)30(26,27)16-9-7-15(8-10-16)21-29(24,25)17-11-12-19(28-4)18(13-17)20-14(3)23/h7-13,21H,5-6H2,1-4H3,(H,20,23). The van der Waals surface area contributed by atoms with Crippen LogP contribution in [0.5, 0.6) is 0 Å². The Kier molecular flexibility index (Phi) is 7.92. The van der Waals surface area contributed by atoms with Crippen molar-refractivity contribution in [1.29, 1.82) is 0 Å². The minimum atomic E-state index is -3.94. The lowest BCUT2D eigenvalue weighted by molar-refractivity contribution is -0.114. The molecule has 0 aliphatic carbocycles. The molecule has 0 saturated carbocycles. The van der Waals surface area contributed by atoms with E-state index in [0.29, 0.717) is 18.8 Å². The molecule has 8 nitrogen and oxygen atoms in total. The van der Waals surface area contributed by atoms with E-state index < -0.39 is 20.0 Å². The van der Waals surface area contributed by atoms with Crippen LogP contribution in [0.2, 0.25) is 0 Å². The second kappa shape index (κ2) is 9.82. The van der Waals surface area contributed by atoms with E-state index >= 15 is 0 Å². The molecule has 0 radical (unpaired) electrons. The van der Waals surface area contributed by atoms with Crippen LogP contribution in [-0.2, 0) is 24.8 Å². The summed E-state index contributed by atoms with van der Waals surface area (Å²) in [4.78, 5) is 12.2. The average molecular weight is 472 g/mol. The van der Waals surface area contributed by atoms with Crippen LogP contribution in [-0.4, -0.2) is 46.4 Å². The molecule has 164 valence electrons. The highest BCUT2D eigenvalue weighted by molar-refractivity contribution is 7.98. The van der Waals surface area contributed by atoms with Crippen LogP contribution >= 0.6 is 11.8 Å². The smallest absolute Gasteiger partial charge is 0.261 e. The van der Waals surface area contributed by atoms with Crippen LogP contribution in [0.3, 0.4) is 0 Å². The van der Waals surface area contributed by atoms with E-state index in [0.717, 1.165) is 4.90 Å². The van der Waals surface area contributed by atoms with Crippen LogP contribution in [0.4, 0.5) is 11.4 Å². The van der Waals surface area contributed by atoms with Crippen LogP contribution in [0.1, 0.15) is 20.8 Å². The zero-order valence-corrected chi connectivity index (χ0v) is 19.6. The van der Waals surface area contributed by atoms with Crippen LogP contribution in [0.15, 0.2) is 57.2 Å². The second-order valence-corrected chi connectivity index (χ2v) is 10.7. The zero-order valence-electron chi connectivity index (χ0n) is 17.2. The topological polar surface area (TPSA) is 113 Å². The first kappa shape index (κ1) is 24.2. The first-order chi connectivity index (χ1) is 14.0. The van der Waals surface area contributed by atoms with Gasteiger partial charge in [0.15, 0.2) is 0 Å². The Morgan fingerprint density at radius 3 is 2.03 bits per heavy atom. The molecule has 2 aromatic rings. The van der Waals surface area contributed by atoms with Crippen molar-refractivity contribution in [2.24, 2.45) is 0 Å². The quantitative estimate of drug-likeness (QED) is 0.543. The third-order valence-corrected chi connectivity index (χ3v) is 8.48. The van der Waals surface area contributed by atoms with Crippen molar-refractivity contribution in [1.82, 2.24) is 4.31 Å². The first-order valence-corrected chi connectivity index (χ1v) is 13.3. The molecule has 2 N–H and O–H groups in total. The highest BCUT2D eigenvalue weighted by atomic mass is 32.2. The molecule has 0 spiro atoms. The van der Waals surface area contributed by atoms with Gasteiger partial charge in [0.25, 0.3) is 10.0 Å². The third-order valence-electron chi connectivity index (χ3n) is 4.24. The van der Waals surface area contributed by atoms with Gasteiger partial charge in [0.1, 0.15) is 0 Å². The Morgan fingerprint density at radius 2 is 1.53 bits per heavy atom. The lowest BCUT2D eigenvalue weighted by Crippen LogP contribution is -2.30. The fraction of sp³-hybridized carbons (Fsp3) is 0.316. The Labute approximate surface area is 182 Å². The van der Waals surface area contributed by atoms with E-state index in [9.17, 15) is 21.6 Å². The lowest BCUT2D eigenvalue weighted by Gasteiger charge is -2.18. The lowest BCUT2D eigenvalue weighted by atomic mass is 10.3.